The van der Waals surface area contributed by atoms with Crippen molar-refractivity contribution in [2.24, 2.45) is 23.7 Å². The maximum absolute atomic E-state index is 12.6. The minimum atomic E-state index is -0.904. The van der Waals surface area contributed by atoms with Crippen molar-refractivity contribution in [1.29, 1.82) is 0 Å². The number of rotatable bonds is 1. The smallest absolute Gasteiger partial charge is 0.238 e. The molecule has 3 aliphatic rings. The molecule has 1 aromatic carbocycles. The van der Waals surface area contributed by atoms with Crippen LogP contribution in [0.15, 0.2) is 24.3 Å². The van der Waals surface area contributed by atoms with Crippen molar-refractivity contribution in [3.63, 3.8) is 0 Å². The van der Waals surface area contributed by atoms with E-state index in [1.165, 1.54) is 4.90 Å². The van der Waals surface area contributed by atoms with E-state index in [-0.39, 0.29) is 23.7 Å². The summed E-state index contributed by atoms with van der Waals surface area (Å²) in [7, 11) is 0. The number of anilines is 1. The van der Waals surface area contributed by atoms with Gasteiger partial charge < -0.3 is 10.2 Å². The molecule has 0 aromatic heterocycles. The summed E-state index contributed by atoms with van der Waals surface area (Å²) in [6, 6.07) is 6.52. The fourth-order valence-electron chi connectivity index (χ4n) is 4.28. The zero-order valence-electron chi connectivity index (χ0n) is 11.0. The number of fused-ring (bicyclic) bond motifs is 5. The molecule has 0 radical (unpaired) electrons. The molecule has 4 rings (SSSR count). The third-order valence-electron chi connectivity index (χ3n) is 5.18. The SMILES string of the molecule is O=C1[C@@H]2[C@H]3C[C@H]([C@H](O)[C@H]3O)[C@@H]2C(=O)N1c1ccc(Cl)cc1. The highest BCUT2D eigenvalue weighted by Gasteiger charge is 2.67. The minimum absolute atomic E-state index is 0.272. The summed E-state index contributed by atoms with van der Waals surface area (Å²) in [5.41, 5.74) is 0.493. The number of amides is 2. The fourth-order valence-corrected chi connectivity index (χ4v) is 4.40. The van der Waals surface area contributed by atoms with Gasteiger partial charge in [-0.1, -0.05) is 11.6 Å². The van der Waals surface area contributed by atoms with E-state index in [2.05, 4.69) is 0 Å². The van der Waals surface area contributed by atoms with Crippen molar-refractivity contribution < 1.29 is 19.8 Å². The average Bonchev–Trinajstić information content (AvgIpc) is 3.06. The van der Waals surface area contributed by atoms with E-state index in [0.717, 1.165) is 0 Å². The van der Waals surface area contributed by atoms with Gasteiger partial charge in [-0.15, -0.1) is 0 Å². The Kier molecular flexibility index (Phi) is 2.70. The van der Waals surface area contributed by atoms with Gasteiger partial charge in [0.15, 0.2) is 0 Å². The number of imide groups is 1. The van der Waals surface area contributed by atoms with Crippen LogP contribution in [0.2, 0.25) is 5.02 Å². The van der Waals surface area contributed by atoms with Gasteiger partial charge in [0.25, 0.3) is 0 Å². The number of aliphatic hydroxyl groups excluding tert-OH is 2. The van der Waals surface area contributed by atoms with E-state index in [1.54, 1.807) is 24.3 Å². The Morgan fingerprint density at radius 1 is 0.952 bits per heavy atom. The number of aliphatic hydroxyl groups is 2. The predicted molar refractivity (Wildman–Crippen MR) is 74.5 cm³/mol. The number of benzene rings is 1. The Labute approximate surface area is 126 Å². The number of halogens is 1. The lowest BCUT2D eigenvalue weighted by molar-refractivity contribution is -0.129. The molecule has 3 fully saturated rings. The second-order valence-corrected chi connectivity index (χ2v) is 6.52. The molecular weight excluding hydrogens is 294 g/mol. The van der Waals surface area contributed by atoms with Crippen LogP contribution in [-0.2, 0) is 9.59 Å². The van der Waals surface area contributed by atoms with Crippen LogP contribution in [-0.4, -0.2) is 34.2 Å². The fraction of sp³-hybridized carbons (Fsp3) is 0.467. The summed E-state index contributed by atoms with van der Waals surface area (Å²) in [6.07, 6.45) is -1.26. The second-order valence-electron chi connectivity index (χ2n) is 6.08. The third kappa shape index (κ3) is 1.59. The van der Waals surface area contributed by atoms with Crippen molar-refractivity contribution in [3.8, 4) is 0 Å². The summed E-state index contributed by atoms with van der Waals surface area (Å²) in [6.45, 7) is 0. The lowest BCUT2D eigenvalue weighted by Gasteiger charge is -2.29. The highest BCUT2D eigenvalue weighted by molar-refractivity contribution is 6.30. The number of hydrogen-bond donors (Lipinski definition) is 2. The highest BCUT2D eigenvalue weighted by atomic mass is 35.5. The first kappa shape index (κ1) is 13.2. The highest BCUT2D eigenvalue weighted by Crippen LogP contribution is 2.56. The van der Waals surface area contributed by atoms with Gasteiger partial charge >= 0.3 is 0 Å². The molecule has 1 saturated heterocycles. The van der Waals surface area contributed by atoms with Gasteiger partial charge in [-0.2, -0.15) is 0 Å². The van der Waals surface area contributed by atoms with Gasteiger partial charge in [-0.05, 0) is 30.7 Å². The van der Waals surface area contributed by atoms with E-state index in [9.17, 15) is 19.8 Å². The van der Waals surface area contributed by atoms with Crippen molar-refractivity contribution in [1.82, 2.24) is 0 Å². The van der Waals surface area contributed by atoms with Crippen LogP contribution in [0.25, 0.3) is 0 Å². The Morgan fingerprint density at radius 3 is 1.90 bits per heavy atom. The van der Waals surface area contributed by atoms with Gasteiger partial charge in [0.1, 0.15) is 0 Å². The molecule has 0 unspecified atom stereocenters. The molecule has 6 atom stereocenters. The summed E-state index contributed by atoms with van der Waals surface area (Å²) in [4.78, 5) is 26.4. The van der Waals surface area contributed by atoms with E-state index in [0.29, 0.717) is 17.1 Å². The lowest BCUT2D eigenvalue weighted by atomic mass is 9.78. The molecule has 2 bridgehead atoms. The number of hydrogen-bond acceptors (Lipinski definition) is 4. The molecule has 5 nitrogen and oxygen atoms in total. The number of nitrogens with zero attached hydrogens (tertiary/aromatic N) is 1. The van der Waals surface area contributed by atoms with E-state index >= 15 is 0 Å². The predicted octanol–water partition coefficient (Wildman–Crippen LogP) is 0.817. The van der Waals surface area contributed by atoms with Crippen LogP contribution in [0.4, 0.5) is 5.69 Å². The zero-order valence-corrected chi connectivity index (χ0v) is 11.8. The van der Waals surface area contributed by atoms with Crippen LogP contribution >= 0.6 is 11.6 Å². The van der Waals surface area contributed by atoms with Gasteiger partial charge in [-0.3, -0.25) is 14.5 Å². The monoisotopic (exact) mass is 307 g/mol. The molecule has 110 valence electrons. The summed E-state index contributed by atoms with van der Waals surface area (Å²) >= 11 is 5.83. The molecule has 0 spiro atoms. The van der Waals surface area contributed by atoms with Gasteiger partial charge in [0.2, 0.25) is 11.8 Å². The summed E-state index contributed by atoms with van der Waals surface area (Å²) in [5, 5.41) is 20.5. The molecular formula is C15H14ClNO4. The molecule has 2 amide bonds. The first-order valence-corrected chi connectivity index (χ1v) is 7.38. The standard InChI is InChI=1S/C15H14ClNO4/c16-6-1-3-7(4-2-6)17-14(20)10-8-5-9(11(10)15(17)21)13(19)12(8)18/h1-4,8-13,18-19H,5H2/t8-,9+,10-,11+,12-,13-/m0/s1. The molecule has 2 saturated carbocycles. The Hall–Kier alpha value is -1.43. The average molecular weight is 308 g/mol. The first-order valence-electron chi connectivity index (χ1n) is 7.00. The van der Waals surface area contributed by atoms with Crippen molar-refractivity contribution in [2.45, 2.75) is 18.6 Å². The second kappa shape index (κ2) is 4.29. The summed E-state index contributed by atoms with van der Waals surface area (Å²) in [5.74, 6) is -2.18. The van der Waals surface area contributed by atoms with Crippen LogP contribution in [0.3, 0.4) is 0 Å². The van der Waals surface area contributed by atoms with Crippen molar-refractivity contribution >= 4 is 29.1 Å². The Bertz CT molecular complexity index is 599. The van der Waals surface area contributed by atoms with Crippen LogP contribution in [0, 0.1) is 23.7 Å². The minimum Gasteiger partial charge on any atom is -0.390 e. The quantitative estimate of drug-likeness (QED) is 0.753. The van der Waals surface area contributed by atoms with Crippen molar-refractivity contribution in [2.75, 3.05) is 4.90 Å². The van der Waals surface area contributed by atoms with Crippen molar-refractivity contribution in [3.05, 3.63) is 29.3 Å². The normalized spacial score (nSPS) is 41.0. The molecule has 2 N–H and O–H groups in total. The van der Waals surface area contributed by atoms with Crippen LogP contribution in [0.5, 0.6) is 0 Å². The molecule has 1 aromatic rings. The Balaban J connectivity index is 1.73. The van der Waals surface area contributed by atoms with E-state index < -0.39 is 24.0 Å². The van der Waals surface area contributed by atoms with Crippen LogP contribution < -0.4 is 4.90 Å². The molecule has 6 heteroatoms. The van der Waals surface area contributed by atoms with E-state index in [1.807, 2.05) is 0 Å². The third-order valence-corrected chi connectivity index (χ3v) is 5.43. The maximum Gasteiger partial charge on any atom is 0.238 e. The molecule has 21 heavy (non-hydrogen) atoms. The van der Waals surface area contributed by atoms with Gasteiger partial charge in [-0.25, -0.2) is 0 Å². The largest absolute Gasteiger partial charge is 0.390 e. The molecule has 2 aliphatic carbocycles. The van der Waals surface area contributed by atoms with Gasteiger partial charge in [0.05, 0.1) is 29.7 Å². The summed E-state index contributed by atoms with van der Waals surface area (Å²) < 4.78 is 0. The maximum atomic E-state index is 12.6. The van der Waals surface area contributed by atoms with Crippen LogP contribution in [0.1, 0.15) is 6.42 Å². The first-order chi connectivity index (χ1) is 10.0. The Morgan fingerprint density at radius 2 is 1.43 bits per heavy atom. The number of carbonyl (C=O) groups excluding carboxylic acids is 2. The topological polar surface area (TPSA) is 77.8 Å². The zero-order chi connectivity index (χ0) is 14.9. The molecule has 1 heterocycles. The molecule has 1 aliphatic heterocycles. The van der Waals surface area contributed by atoms with Gasteiger partial charge in [0, 0.05) is 16.9 Å². The lowest BCUT2D eigenvalue weighted by Crippen LogP contribution is -2.43. The van der Waals surface area contributed by atoms with E-state index in [4.69, 9.17) is 11.6 Å². The number of carbonyl (C=O) groups is 2.